The van der Waals surface area contributed by atoms with Crippen molar-refractivity contribution in [2.24, 2.45) is 0 Å². The van der Waals surface area contributed by atoms with Gasteiger partial charge in [0.1, 0.15) is 6.04 Å². The second-order valence-corrected chi connectivity index (χ2v) is 4.35. The van der Waals surface area contributed by atoms with Crippen LogP contribution in [-0.2, 0) is 17.8 Å². The molecule has 1 aromatic heterocycles. The zero-order valence-electron chi connectivity index (χ0n) is 10.4. The van der Waals surface area contributed by atoms with E-state index in [9.17, 15) is 14.7 Å². The van der Waals surface area contributed by atoms with Crippen LogP contribution in [0.5, 0.6) is 0 Å². The summed E-state index contributed by atoms with van der Waals surface area (Å²) in [5, 5.41) is 11.8. The van der Waals surface area contributed by atoms with E-state index >= 15 is 0 Å². The van der Waals surface area contributed by atoms with Crippen molar-refractivity contribution < 1.29 is 14.7 Å². The van der Waals surface area contributed by atoms with E-state index in [0.29, 0.717) is 5.69 Å². The number of terminal acetylenes is 1. The van der Waals surface area contributed by atoms with Gasteiger partial charge >= 0.3 is 12.0 Å². The molecular formula is C12H14N4O3. The van der Waals surface area contributed by atoms with Crippen LogP contribution in [0, 0.1) is 12.3 Å². The number of nitrogens with one attached hydrogen (secondary N) is 2. The molecule has 0 saturated heterocycles. The Labute approximate surface area is 110 Å². The fraction of sp³-hybridized carbons (Fsp3) is 0.417. The average Bonchev–Trinajstić information content (AvgIpc) is 2.83. The van der Waals surface area contributed by atoms with Gasteiger partial charge in [-0.1, -0.05) is 5.92 Å². The fourth-order valence-corrected chi connectivity index (χ4v) is 1.98. The van der Waals surface area contributed by atoms with Gasteiger partial charge in [-0.15, -0.1) is 6.42 Å². The highest BCUT2D eigenvalue weighted by Crippen LogP contribution is 2.20. The predicted molar refractivity (Wildman–Crippen MR) is 66.1 cm³/mol. The summed E-state index contributed by atoms with van der Waals surface area (Å²) in [4.78, 5) is 31.5. The molecule has 3 N–H and O–H groups in total. The summed E-state index contributed by atoms with van der Waals surface area (Å²) in [6.07, 6.45) is 6.87. The molecule has 7 heteroatoms. The van der Waals surface area contributed by atoms with Crippen LogP contribution < -0.4 is 5.32 Å². The van der Waals surface area contributed by atoms with Crippen molar-refractivity contribution in [3.8, 4) is 12.3 Å². The standard InChI is InChI=1S/C12H14N4O3/c1-3-7(2)15-12(19)16-5-9-8(13-6-14-9)4-10(16)11(17)18/h1,6-7,10H,4-5H2,2H3,(H,13,14)(H,15,19)(H,17,18). The highest BCUT2D eigenvalue weighted by molar-refractivity contribution is 5.83. The number of hydrogen-bond donors (Lipinski definition) is 3. The third kappa shape index (κ3) is 2.52. The Morgan fingerprint density at radius 3 is 3.11 bits per heavy atom. The average molecular weight is 262 g/mol. The summed E-state index contributed by atoms with van der Waals surface area (Å²) in [6, 6.07) is -1.87. The number of aromatic amines is 1. The molecular weight excluding hydrogens is 248 g/mol. The van der Waals surface area contributed by atoms with Gasteiger partial charge in [0.2, 0.25) is 0 Å². The molecule has 1 aliphatic rings. The number of carboxylic acid groups (broad SMARTS) is 1. The molecule has 0 fully saturated rings. The molecule has 0 saturated carbocycles. The number of carboxylic acids is 1. The van der Waals surface area contributed by atoms with Crippen molar-refractivity contribution in [3.05, 3.63) is 17.7 Å². The first-order chi connectivity index (χ1) is 9.02. The van der Waals surface area contributed by atoms with Gasteiger partial charge in [0.15, 0.2) is 0 Å². The summed E-state index contributed by atoms with van der Waals surface area (Å²) in [6.45, 7) is 1.83. The highest BCUT2D eigenvalue weighted by Gasteiger charge is 2.36. The zero-order chi connectivity index (χ0) is 14.0. The zero-order valence-corrected chi connectivity index (χ0v) is 10.4. The number of urea groups is 1. The van der Waals surface area contributed by atoms with Gasteiger partial charge in [0, 0.05) is 6.42 Å². The topological polar surface area (TPSA) is 98.3 Å². The Hall–Kier alpha value is -2.49. The van der Waals surface area contributed by atoms with Crippen molar-refractivity contribution in [2.45, 2.75) is 32.0 Å². The minimum Gasteiger partial charge on any atom is -0.480 e. The van der Waals surface area contributed by atoms with E-state index in [-0.39, 0.29) is 13.0 Å². The number of nitrogens with zero attached hydrogens (tertiary/aromatic N) is 2. The van der Waals surface area contributed by atoms with E-state index in [0.717, 1.165) is 5.69 Å². The predicted octanol–water partition coefficient (Wildman–Crippen LogP) is -0.0477. The van der Waals surface area contributed by atoms with E-state index in [2.05, 4.69) is 21.2 Å². The van der Waals surface area contributed by atoms with Crippen LogP contribution in [0.1, 0.15) is 18.3 Å². The third-order valence-electron chi connectivity index (χ3n) is 3.03. The lowest BCUT2D eigenvalue weighted by Crippen LogP contribution is -2.53. The Morgan fingerprint density at radius 1 is 1.74 bits per heavy atom. The van der Waals surface area contributed by atoms with Gasteiger partial charge in [-0.2, -0.15) is 0 Å². The molecule has 0 aromatic carbocycles. The smallest absolute Gasteiger partial charge is 0.326 e. The molecule has 2 rings (SSSR count). The highest BCUT2D eigenvalue weighted by atomic mass is 16.4. The number of carbonyl (C=O) groups is 2. The van der Waals surface area contributed by atoms with Gasteiger partial charge in [-0.05, 0) is 6.92 Å². The number of H-pyrrole nitrogens is 1. The van der Waals surface area contributed by atoms with Gasteiger partial charge in [-0.25, -0.2) is 14.6 Å². The van der Waals surface area contributed by atoms with E-state index in [1.54, 1.807) is 6.92 Å². The van der Waals surface area contributed by atoms with Crippen molar-refractivity contribution >= 4 is 12.0 Å². The molecule has 100 valence electrons. The SMILES string of the molecule is C#CC(C)NC(=O)N1Cc2[nH]cnc2CC1C(=O)O. The molecule has 19 heavy (non-hydrogen) atoms. The van der Waals surface area contributed by atoms with Crippen LogP contribution in [0.2, 0.25) is 0 Å². The first-order valence-corrected chi connectivity index (χ1v) is 5.80. The Balaban J connectivity index is 2.20. The second-order valence-electron chi connectivity index (χ2n) is 4.35. The summed E-state index contributed by atoms with van der Waals surface area (Å²) >= 11 is 0. The van der Waals surface area contributed by atoms with E-state index < -0.39 is 24.1 Å². The Kier molecular flexibility index (Phi) is 3.42. The largest absolute Gasteiger partial charge is 0.480 e. The lowest BCUT2D eigenvalue weighted by atomic mass is 10.0. The molecule has 1 aromatic rings. The molecule has 1 aliphatic heterocycles. The molecule has 0 spiro atoms. The normalized spacial score (nSPS) is 19.2. The number of aliphatic carboxylic acids is 1. The maximum atomic E-state index is 12.0. The summed E-state index contributed by atoms with van der Waals surface area (Å²) in [5.41, 5.74) is 1.43. The first kappa shape index (κ1) is 13.0. The van der Waals surface area contributed by atoms with Crippen molar-refractivity contribution in [1.82, 2.24) is 20.2 Å². The molecule has 0 aliphatic carbocycles. The van der Waals surface area contributed by atoms with Crippen molar-refractivity contribution in [1.29, 1.82) is 0 Å². The maximum absolute atomic E-state index is 12.0. The fourth-order valence-electron chi connectivity index (χ4n) is 1.98. The molecule has 2 heterocycles. The monoisotopic (exact) mass is 262 g/mol. The Morgan fingerprint density at radius 2 is 2.47 bits per heavy atom. The van der Waals surface area contributed by atoms with E-state index in [4.69, 9.17) is 6.42 Å². The van der Waals surface area contributed by atoms with Gasteiger partial charge < -0.3 is 20.3 Å². The third-order valence-corrected chi connectivity index (χ3v) is 3.03. The molecule has 2 unspecified atom stereocenters. The van der Waals surface area contributed by atoms with Crippen LogP contribution in [0.25, 0.3) is 0 Å². The number of fused-ring (bicyclic) bond motifs is 1. The first-order valence-electron chi connectivity index (χ1n) is 5.80. The number of carbonyl (C=O) groups excluding carboxylic acids is 1. The number of aromatic nitrogens is 2. The Bertz CT molecular complexity index is 545. The molecule has 0 radical (unpaired) electrons. The minimum atomic E-state index is -1.06. The van der Waals surface area contributed by atoms with Crippen LogP contribution >= 0.6 is 0 Å². The second kappa shape index (κ2) is 5.02. The summed E-state index contributed by atoms with van der Waals surface area (Å²) < 4.78 is 0. The lowest BCUT2D eigenvalue weighted by Gasteiger charge is -2.32. The van der Waals surface area contributed by atoms with E-state index in [1.165, 1.54) is 11.2 Å². The van der Waals surface area contributed by atoms with Crippen molar-refractivity contribution in [3.63, 3.8) is 0 Å². The minimum absolute atomic E-state index is 0.176. The summed E-state index contributed by atoms with van der Waals surface area (Å²) in [7, 11) is 0. The molecule has 7 nitrogen and oxygen atoms in total. The number of amides is 2. The summed E-state index contributed by atoms with van der Waals surface area (Å²) in [5.74, 6) is 1.31. The van der Waals surface area contributed by atoms with Gasteiger partial charge in [-0.3, -0.25) is 0 Å². The number of hydrogen-bond acceptors (Lipinski definition) is 3. The lowest BCUT2D eigenvalue weighted by molar-refractivity contribution is -0.142. The molecule has 2 amide bonds. The van der Waals surface area contributed by atoms with Crippen LogP contribution in [0.15, 0.2) is 6.33 Å². The van der Waals surface area contributed by atoms with Crippen molar-refractivity contribution in [2.75, 3.05) is 0 Å². The quantitative estimate of drug-likeness (QED) is 0.651. The van der Waals surface area contributed by atoms with Crippen LogP contribution in [0.4, 0.5) is 4.79 Å². The van der Waals surface area contributed by atoms with Crippen LogP contribution in [0.3, 0.4) is 0 Å². The number of imidazole rings is 1. The maximum Gasteiger partial charge on any atom is 0.326 e. The molecule has 0 bridgehead atoms. The van der Waals surface area contributed by atoms with Crippen LogP contribution in [-0.4, -0.2) is 44.1 Å². The van der Waals surface area contributed by atoms with Gasteiger partial charge in [0.05, 0.1) is 30.3 Å². The van der Waals surface area contributed by atoms with Gasteiger partial charge in [0.25, 0.3) is 0 Å². The molecule has 2 atom stereocenters. The number of rotatable bonds is 2. The van der Waals surface area contributed by atoms with E-state index in [1.807, 2.05) is 0 Å².